The number of sulfone groups is 1. The van der Waals surface area contributed by atoms with Crippen LogP contribution >= 0.6 is 0 Å². The van der Waals surface area contributed by atoms with Crippen LogP contribution in [0.2, 0.25) is 0 Å². The number of nitro benzene ring substituents is 1. The Bertz CT molecular complexity index is 993. The first-order valence-electron chi connectivity index (χ1n) is 7.12. The Kier molecular flexibility index (Phi) is 5.07. The van der Waals surface area contributed by atoms with E-state index < -0.39 is 43.0 Å². The molecule has 26 heavy (non-hydrogen) atoms. The highest BCUT2D eigenvalue weighted by Gasteiger charge is 2.31. The van der Waals surface area contributed by atoms with Gasteiger partial charge in [-0.25, -0.2) is 13.2 Å². The topological polar surface area (TPSA) is 164 Å². The minimum absolute atomic E-state index is 0.0387. The molecule has 0 bridgehead atoms. The smallest absolute Gasteiger partial charge is 0.344 e. The molecule has 0 radical (unpaired) electrons. The van der Waals surface area contributed by atoms with Crippen LogP contribution in [0.3, 0.4) is 0 Å². The number of carbonyl (C=O) groups excluding carboxylic acids is 2. The molecule has 0 saturated heterocycles. The number of hydrogen-bond donors (Lipinski definition) is 1. The maximum Gasteiger partial charge on any atom is 0.344 e. The summed E-state index contributed by atoms with van der Waals surface area (Å²) in [7, 11) is -3.99. The van der Waals surface area contributed by atoms with Crippen LogP contribution < -0.4 is 5.73 Å². The summed E-state index contributed by atoms with van der Waals surface area (Å²) in [6.45, 7) is 1.48. The van der Waals surface area contributed by atoms with Gasteiger partial charge in [0.05, 0.1) is 11.5 Å². The quantitative estimate of drug-likeness (QED) is 0.443. The summed E-state index contributed by atoms with van der Waals surface area (Å²) < 4.78 is 29.1. The number of anilines is 1. The Morgan fingerprint density at radius 3 is 2.35 bits per heavy atom. The first kappa shape index (κ1) is 19.1. The summed E-state index contributed by atoms with van der Waals surface area (Å²) in [4.78, 5) is 34.6. The van der Waals surface area contributed by atoms with Crippen molar-refractivity contribution < 1.29 is 27.7 Å². The molecule has 0 fully saturated rings. The second kappa shape index (κ2) is 6.92. The standard InChI is InChI=1S/C14H14N4O7S/c1-3-25-14(20)10-11(15)17(16-12(10)26(2,23)24)13(19)8-4-6-9(7-5-8)18(21)22/h4-7H,3,15H2,1-2H3. The summed E-state index contributed by atoms with van der Waals surface area (Å²) in [5.41, 5.74) is 4.94. The highest BCUT2D eigenvalue weighted by Crippen LogP contribution is 2.24. The van der Waals surface area contributed by atoms with Crippen molar-refractivity contribution in [2.75, 3.05) is 18.6 Å². The lowest BCUT2D eigenvalue weighted by Crippen LogP contribution is -2.17. The van der Waals surface area contributed by atoms with E-state index in [1.807, 2.05) is 0 Å². The van der Waals surface area contributed by atoms with E-state index in [4.69, 9.17) is 10.5 Å². The second-order valence-electron chi connectivity index (χ2n) is 5.08. The van der Waals surface area contributed by atoms with Crippen molar-refractivity contribution in [2.24, 2.45) is 0 Å². The Morgan fingerprint density at radius 1 is 1.31 bits per heavy atom. The molecule has 0 saturated carbocycles. The number of rotatable bonds is 5. The fourth-order valence-electron chi connectivity index (χ4n) is 2.07. The Balaban J connectivity index is 2.57. The van der Waals surface area contributed by atoms with Crippen LogP contribution in [0.25, 0.3) is 0 Å². The number of nitrogen functional groups attached to an aromatic ring is 1. The summed E-state index contributed by atoms with van der Waals surface area (Å²) in [6, 6.07) is 4.50. The predicted molar refractivity (Wildman–Crippen MR) is 88.5 cm³/mol. The molecule has 2 N–H and O–H groups in total. The molecule has 0 spiro atoms. The van der Waals surface area contributed by atoms with Crippen molar-refractivity contribution >= 4 is 33.2 Å². The number of nitrogens with zero attached hydrogens (tertiary/aromatic N) is 3. The largest absolute Gasteiger partial charge is 0.462 e. The van der Waals surface area contributed by atoms with Gasteiger partial charge in [-0.05, 0) is 19.1 Å². The summed E-state index contributed by atoms with van der Waals surface area (Å²) in [6.07, 6.45) is 0.804. The van der Waals surface area contributed by atoms with Gasteiger partial charge >= 0.3 is 5.97 Å². The average molecular weight is 382 g/mol. The maximum atomic E-state index is 12.5. The van der Waals surface area contributed by atoms with Gasteiger partial charge in [0.25, 0.3) is 11.6 Å². The molecule has 0 aliphatic heterocycles. The third-order valence-electron chi connectivity index (χ3n) is 3.24. The van der Waals surface area contributed by atoms with Crippen molar-refractivity contribution in [1.29, 1.82) is 0 Å². The fourth-order valence-corrected chi connectivity index (χ4v) is 2.86. The molecule has 0 amide bonds. The lowest BCUT2D eigenvalue weighted by molar-refractivity contribution is -0.384. The average Bonchev–Trinajstić information content (AvgIpc) is 2.92. The number of aromatic nitrogens is 2. The third kappa shape index (κ3) is 3.54. The van der Waals surface area contributed by atoms with Crippen LogP contribution in [-0.4, -0.2) is 47.9 Å². The number of hydrogen-bond acceptors (Lipinski definition) is 9. The van der Waals surface area contributed by atoms with Gasteiger partial charge in [0, 0.05) is 24.0 Å². The SMILES string of the molecule is CCOC(=O)c1c(S(C)(=O)=O)nn(C(=O)c2ccc([N+](=O)[O-])cc2)c1N. The minimum atomic E-state index is -3.99. The zero-order chi connectivity index (χ0) is 19.6. The number of esters is 1. The molecule has 2 aromatic rings. The highest BCUT2D eigenvalue weighted by atomic mass is 32.2. The van der Waals surface area contributed by atoms with Gasteiger partial charge in [0.15, 0.2) is 14.9 Å². The van der Waals surface area contributed by atoms with Crippen LogP contribution in [0.1, 0.15) is 27.6 Å². The second-order valence-corrected chi connectivity index (χ2v) is 7.01. The Labute approximate surface area is 147 Å². The number of ether oxygens (including phenoxy) is 1. The summed E-state index contributed by atoms with van der Waals surface area (Å²) in [5, 5.41) is 13.6. The molecule has 11 nitrogen and oxygen atoms in total. The first-order valence-corrected chi connectivity index (χ1v) is 9.01. The van der Waals surface area contributed by atoms with Gasteiger partial charge in [-0.15, -0.1) is 0 Å². The van der Waals surface area contributed by atoms with E-state index >= 15 is 0 Å². The van der Waals surface area contributed by atoms with E-state index in [0.717, 1.165) is 30.5 Å². The van der Waals surface area contributed by atoms with Gasteiger partial charge in [0.1, 0.15) is 11.4 Å². The van der Waals surface area contributed by atoms with E-state index in [2.05, 4.69) is 5.10 Å². The van der Waals surface area contributed by atoms with Crippen molar-refractivity contribution in [3.8, 4) is 0 Å². The monoisotopic (exact) mass is 382 g/mol. The first-order chi connectivity index (χ1) is 12.1. The van der Waals surface area contributed by atoms with E-state index in [9.17, 15) is 28.1 Å². The van der Waals surface area contributed by atoms with Crippen molar-refractivity contribution in [3.05, 3.63) is 45.5 Å². The van der Waals surface area contributed by atoms with Crippen LogP contribution in [-0.2, 0) is 14.6 Å². The molecule has 138 valence electrons. The van der Waals surface area contributed by atoms with Crippen LogP contribution in [0.4, 0.5) is 11.5 Å². The third-order valence-corrected chi connectivity index (χ3v) is 4.23. The lowest BCUT2D eigenvalue weighted by Gasteiger charge is -2.04. The lowest BCUT2D eigenvalue weighted by atomic mass is 10.2. The van der Waals surface area contributed by atoms with Crippen LogP contribution in [0.15, 0.2) is 29.3 Å². The molecule has 0 unspecified atom stereocenters. The number of nitro groups is 1. The van der Waals surface area contributed by atoms with Gasteiger partial charge in [-0.3, -0.25) is 14.9 Å². The highest BCUT2D eigenvalue weighted by molar-refractivity contribution is 7.90. The van der Waals surface area contributed by atoms with Crippen LogP contribution in [0, 0.1) is 10.1 Å². The molecule has 1 aromatic carbocycles. The zero-order valence-electron chi connectivity index (χ0n) is 13.7. The minimum Gasteiger partial charge on any atom is -0.462 e. The van der Waals surface area contributed by atoms with Gasteiger partial charge in [-0.1, -0.05) is 0 Å². The van der Waals surface area contributed by atoms with Crippen molar-refractivity contribution in [1.82, 2.24) is 9.78 Å². The molecule has 0 aliphatic rings. The molecular weight excluding hydrogens is 368 g/mol. The summed E-state index contributed by atoms with van der Waals surface area (Å²) in [5.74, 6) is -2.40. The van der Waals surface area contributed by atoms with E-state index in [-0.39, 0.29) is 17.9 Å². The Hall–Kier alpha value is -3.28. The number of non-ortho nitro benzene ring substituents is 1. The Morgan fingerprint density at radius 2 is 1.88 bits per heavy atom. The van der Waals surface area contributed by atoms with Gasteiger partial charge in [0.2, 0.25) is 0 Å². The summed E-state index contributed by atoms with van der Waals surface area (Å²) >= 11 is 0. The van der Waals surface area contributed by atoms with Crippen molar-refractivity contribution in [3.63, 3.8) is 0 Å². The van der Waals surface area contributed by atoms with E-state index in [1.54, 1.807) is 0 Å². The maximum absolute atomic E-state index is 12.5. The molecule has 0 aliphatic carbocycles. The predicted octanol–water partition coefficient (Wildman–Crippen LogP) is 0.642. The van der Waals surface area contributed by atoms with E-state index in [1.165, 1.54) is 6.92 Å². The van der Waals surface area contributed by atoms with Crippen LogP contribution in [0.5, 0.6) is 0 Å². The number of benzene rings is 1. The van der Waals surface area contributed by atoms with E-state index in [0.29, 0.717) is 4.68 Å². The van der Waals surface area contributed by atoms with Gasteiger partial charge < -0.3 is 10.5 Å². The van der Waals surface area contributed by atoms with Crippen molar-refractivity contribution in [2.45, 2.75) is 11.9 Å². The molecular formula is C14H14N4O7S. The molecule has 2 rings (SSSR count). The normalized spacial score (nSPS) is 11.2. The van der Waals surface area contributed by atoms with Gasteiger partial charge in [-0.2, -0.15) is 9.78 Å². The molecule has 12 heteroatoms. The zero-order valence-corrected chi connectivity index (χ0v) is 14.5. The fraction of sp³-hybridized carbons (Fsp3) is 0.214. The molecule has 1 heterocycles. The number of carbonyl (C=O) groups is 2. The molecule has 1 aromatic heterocycles. The molecule has 0 atom stereocenters. The number of nitrogens with two attached hydrogens (primary N) is 1.